The fourth-order valence-electron chi connectivity index (χ4n) is 3.13. The van der Waals surface area contributed by atoms with Gasteiger partial charge in [-0.15, -0.1) is 0 Å². The van der Waals surface area contributed by atoms with Gasteiger partial charge in [-0.05, 0) is 12.1 Å². The van der Waals surface area contributed by atoms with Gasteiger partial charge in [0.2, 0.25) is 0 Å². The first-order valence-corrected chi connectivity index (χ1v) is 7.90. The Hall–Kier alpha value is -3.82. The van der Waals surface area contributed by atoms with Gasteiger partial charge in [0, 0.05) is 5.39 Å². The molecule has 1 aliphatic heterocycles. The van der Waals surface area contributed by atoms with E-state index in [1.807, 2.05) is 0 Å². The predicted octanol–water partition coefficient (Wildman–Crippen LogP) is 0.491. The van der Waals surface area contributed by atoms with E-state index in [9.17, 15) is 19.5 Å². The minimum Gasteiger partial charge on any atom is -0.506 e. The molecule has 138 valence electrons. The zero-order valence-electron chi connectivity index (χ0n) is 13.7. The van der Waals surface area contributed by atoms with Crippen LogP contribution in [0.5, 0.6) is 11.5 Å². The van der Waals surface area contributed by atoms with Gasteiger partial charge in [-0.25, -0.2) is 4.98 Å². The van der Waals surface area contributed by atoms with Crippen LogP contribution in [0.3, 0.4) is 0 Å². The van der Waals surface area contributed by atoms with Gasteiger partial charge in [0.1, 0.15) is 36.3 Å². The van der Waals surface area contributed by atoms with Gasteiger partial charge < -0.3 is 24.7 Å². The van der Waals surface area contributed by atoms with Crippen molar-refractivity contribution in [3.05, 3.63) is 52.5 Å². The van der Waals surface area contributed by atoms with E-state index in [2.05, 4.69) is 10.3 Å². The lowest BCUT2D eigenvalue weighted by Gasteiger charge is -2.27. The van der Waals surface area contributed by atoms with Gasteiger partial charge in [0.25, 0.3) is 11.5 Å². The molecule has 3 heterocycles. The Labute approximate surface area is 150 Å². The van der Waals surface area contributed by atoms with Crippen molar-refractivity contribution in [2.45, 2.75) is 6.04 Å². The highest BCUT2D eigenvalue weighted by atomic mass is 16.5. The molecule has 0 aliphatic carbocycles. The van der Waals surface area contributed by atoms with Crippen LogP contribution in [-0.2, 0) is 4.79 Å². The van der Waals surface area contributed by atoms with E-state index in [4.69, 9.17) is 14.3 Å². The molecule has 10 nitrogen and oxygen atoms in total. The van der Waals surface area contributed by atoms with Crippen LogP contribution in [0, 0.1) is 0 Å². The van der Waals surface area contributed by atoms with E-state index >= 15 is 0 Å². The molecule has 0 spiro atoms. The topological polar surface area (TPSA) is 144 Å². The van der Waals surface area contributed by atoms with Crippen LogP contribution in [0.15, 0.2) is 40.0 Å². The van der Waals surface area contributed by atoms with Crippen LogP contribution < -0.4 is 15.6 Å². The molecule has 1 amide bonds. The van der Waals surface area contributed by atoms with Crippen molar-refractivity contribution in [2.24, 2.45) is 0 Å². The molecule has 0 saturated carbocycles. The maximum absolute atomic E-state index is 13.1. The number of carbonyl (C=O) groups is 2. The number of pyridine rings is 1. The van der Waals surface area contributed by atoms with Crippen LogP contribution in [-0.4, -0.2) is 44.8 Å². The number of carbonyl (C=O) groups excluding carboxylic acids is 1. The average Bonchev–Trinajstić information content (AvgIpc) is 3.18. The summed E-state index contributed by atoms with van der Waals surface area (Å²) in [6.07, 6.45) is 2.64. The monoisotopic (exact) mass is 371 g/mol. The van der Waals surface area contributed by atoms with Crippen molar-refractivity contribution >= 4 is 22.8 Å². The zero-order chi connectivity index (χ0) is 19.1. The average molecular weight is 371 g/mol. The smallest absolute Gasteiger partial charge is 0.322 e. The van der Waals surface area contributed by atoms with E-state index < -0.39 is 41.3 Å². The molecule has 0 radical (unpaired) electrons. The van der Waals surface area contributed by atoms with Crippen molar-refractivity contribution in [3.8, 4) is 11.5 Å². The number of para-hydroxylation sites is 1. The first-order valence-electron chi connectivity index (χ1n) is 7.90. The molecule has 4 rings (SSSR count). The Morgan fingerprint density at radius 1 is 1.37 bits per heavy atom. The molecule has 1 atom stereocenters. The minimum atomic E-state index is -1.28. The van der Waals surface area contributed by atoms with Crippen LogP contribution in [0.25, 0.3) is 10.9 Å². The first-order chi connectivity index (χ1) is 13.0. The van der Waals surface area contributed by atoms with Gasteiger partial charge in [0.15, 0.2) is 12.2 Å². The summed E-state index contributed by atoms with van der Waals surface area (Å²) in [6, 6.07) is 4.08. The molecule has 0 fully saturated rings. The van der Waals surface area contributed by atoms with Crippen LogP contribution in [0.4, 0.5) is 0 Å². The summed E-state index contributed by atoms with van der Waals surface area (Å²) >= 11 is 0. The third kappa shape index (κ3) is 2.58. The van der Waals surface area contributed by atoms with E-state index in [0.29, 0.717) is 17.0 Å². The zero-order valence-corrected chi connectivity index (χ0v) is 13.7. The van der Waals surface area contributed by atoms with Gasteiger partial charge in [-0.1, -0.05) is 6.07 Å². The lowest BCUT2D eigenvalue weighted by atomic mass is 10.1. The Balaban J connectivity index is 1.99. The van der Waals surface area contributed by atoms with Crippen LogP contribution in [0.1, 0.15) is 22.2 Å². The lowest BCUT2D eigenvalue weighted by Crippen LogP contribution is -2.39. The normalized spacial score (nSPS) is 15.3. The lowest BCUT2D eigenvalue weighted by molar-refractivity contribution is -0.135. The second kappa shape index (κ2) is 6.16. The Morgan fingerprint density at radius 3 is 2.89 bits per heavy atom. The standard InChI is InChI=1S/C17H13N3O7/c21-12(22)5-19-16(24)13-15(23)8-2-1-3-10-14(8)20(17(13)25)9(6-26-10)11-4-18-7-27-11/h1-4,7,9,23H,5-6H2,(H,19,24)(H,21,22). The number of ether oxygens (including phenoxy) is 1. The highest BCUT2D eigenvalue weighted by Gasteiger charge is 2.32. The number of carboxylic acids is 1. The van der Waals surface area contributed by atoms with E-state index in [1.54, 1.807) is 12.1 Å². The van der Waals surface area contributed by atoms with Crippen molar-refractivity contribution in [2.75, 3.05) is 13.2 Å². The number of hydrogen-bond acceptors (Lipinski definition) is 7. The number of nitrogens with zero attached hydrogens (tertiary/aromatic N) is 2. The Bertz CT molecular complexity index is 1120. The highest BCUT2D eigenvalue weighted by molar-refractivity contribution is 6.04. The third-order valence-corrected chi connectivity index (χ3v) is 4.28. The summed E-state index contributed by atoms with van der Waals surface area (Å²) in [5, 5.41) is 21.6. The number of oxazole rings is 1. The fraction of sp³-hybridized carbons (Fsp3) is 0.176. The van der Waals surface area contributed by atoms with Crippen molar-refractivity contribution < 1.29 is 29.0 Å². The number of nitrogens with one attached hydrogen (secondary N) is 1. The van der Waals surface area contributed by atoms with Gasteiger partial charge in [-0.3, -0.25) is 19.0 Å². The maximum atomic E-state index is 13.1. The molecule has 2 aromatic heterocycles. The van der Waals surface area contributed by atoms with E-state index in [-0.39, 0.29) is 12.0 Å². The number of rotatable bonds is 4. The molecule has 0 bridgehead atoms. The Kier molecular flexibility index (Phi) is 3.80. The summed E-state index contributed by atoms with van der Waals surface area (Å²) in [7, 11) is 0. The molecule has 1 aromatic carbocycles. The van der Waals surface area contributed by atoms with Crippen molar-refractivity contribution in [3.63, 3.8) is 0 Å². The summed E-state index contributed by atoms with van der Waals surface area (Å²) in [4.78, 5) is 40.0. The number of amides is 1. The molecule has 1 unspecified atom stereocenters. The molecule has 3 N–H and O–H groups in total. The molecule has 27 heavy (non-hydrogen) atoms. The largest absolute Gasteiger partial charge is 0.506 e. The molecule has 1 aliphatic rings. The van der Waals surface area contributed by atoms with E-state index in [0.717, 1.165) is 0 Å². The summed E-state index contributed by atoms with van der Waals surface area (Å²) in [5.41, 5.74) is -1.03. The molecular weight excluding hydrogens is 358 g/mol. The van der Waals surface area contributed by atoms with Gasteiger partial charge in [-0.2, -0.15) is 0 Å². The molecule has 3 aromatic rings. The number of aromatic nitrogens is 2. The number of hydrogen-bond donors (Lipinski definition) is 3. The number of aromatic hydroxyl groups is 1. The number of benzene rings is 1. The van der Waals surface area contributed by atoms with Crippen LogP contribution in [0.2, 0.25) is 0 Å². The summed E-state index contributed by atoms with van der Waals surface area (Å²) < 4.78 is 12.3. The third-order valence-electron chi connectivity index (χ3n) is 4.28. The summed E-state index contributed by atoms with van der Waals surface area (Å²) in [6.45, 7) is -0.632. The molecular formula is C17H13N3O7. The van der Waals surface area contributed by atoms with Crippen LogP contribution >= 0.6 is 0 Å². The summed E-state index contributed by atoms with van der Waals surface area (Å²) in [5.74, 6) is -2.10. The first kappa shape index (κ1) is 16.6. The second-order valence-electron chi connectivity index (χ2n) is 5.86. The van der Waals surface area contributed by atoms with Gasteiger partial charge >= 0.3 is 5.97 Å². The fourth-order valence-corrected chi connectivity index (χ4v) is 3.13. The predicted molar refractivity (Wildman–Crippen MR) is 90.0 cm³/mol. The molecule has 0 saturated heterocycles. The second-order valence-corrected chi connectivity index (χ2v) is 5.86. The quantitative estimate of drug-likeness (QED) is 0.601. The molecule has 10 heteroatoms. The van der Waals surface area contributed by atoms with Gasteiger partial charge in [0.05, 0.1) is 11.7 Å². The van der Waals surface area contributed by atoms with Crippen molar-refractivity contribution in [1.82, 2.24) is 14.9 Å². The highest BCUT2D eigenvalue weighted by Crippen LogP contribution is 2.38. The van der Waals surface area contributed by atoms with E-state index in [1.165, 1.54) is 23.2 Å². The minimum absolute atomic E-state index is 0.0577. The number of carboxylic acid groups (broad SMARTS) is 1. The SMILES string of the molecule is O=C(O)CNC(=O)c1c(O)c2cccc3c2n(c1=O)C(c1cnco1)CO3. The Morgan fingerprint density at radius 2 is 2.19 bits per heavy atom. The number of aliphatic carboxylic acids is 1. The van der Waals surface area contributed by atoms with Crippen molar-refractivity contribution in [1.29, 1.82) is 0 Å². The maximum Gasteiger partial charge on any atom is 0.322 e.